The van der Waals surface area contributed by atoms with Crippen LogP contribution in [-0.2, 0) is 0 Å². The number of hydrogen-bond acceptors (Lipinski definition) is 4. The van der Waals surface area contributed by atoms with Crippen molar-refractivity contribution >= 4 is 21.4 Å². The maximum atomic E-state index is 6.12. The molecule has 0 saturated carbocycles. The lowest BCUT2D eigenvalue weighted by Crippen LogP contribution is -2.52. The normalized spacial score (nSPS) is 23.2. The molecule has 3 rings (SSSR count). The third kappa shape index (κ3) is 2.49. The van der Waals surface area contributed by atoms with Crippen molar-refractivity contribution in [3.8, 4) is 0 Å². The Labute approximate surface area is 125 Å². The smallest absolute Gasteiger partial charge is 0.0486 e. The SMILES string of the molecule is CC1CN(C(CN)c2csc3ccccc23)CCN1C. The van der Waals surface area contributed by atoms with Gasteiger partial charge in [-0.05, 0) is 36.4 Å². The molecule has 1 aromatic heterocycles. The molecule has 4 heteroatoms. The number of likely N-dealkylation sites (N-methyl/N-ethyl adjacent to an activating group) is 1. The zero-order valence-corrected chi connectivity index (χ0v) is 13.1. The van der Waals surface area contributed by atoms with E-state index in [9.17, 15) is 0 Å². The molecular formula is C16H23N3S. The summed E-state index contributed by atoms with van der Waals surface area (Å²) in [5, 5.41) is 3.67. The molecule has 0 bridgehead atoms. The minimum absolute atomic E-state index is 0.349. The minimum atomic E-state index is 0.349. The monoisotopic (exact) mass is 289 g/mol. The Kier molecular flexibility index (Phi) is 4.08. The van der Waals surface area contributed by atoms with Crippen LogP contribution in [0, 0.1) is 0 Å². The second-order valence-electron chi connectivity index (χ2n) is 5.76. The molecule has 0 spiro atoms. The van der Waals surface area contributed by atoms with Crippen molar-refractivity contribution in [1.82, 2.24) is 9.80 Å². The molecule has 20 heavy (non-hydrogen) atoms. The van der Waals surface area contributed by atoms with Crippen molar-refractivity contribution in [1.29, 1.82) is 0 Å². The molecule has 2 N–H and O–H groups in total. The highest BCUT2D eigenvalue weighted by atomic mass is 32.1. The number of nitrogens with two attached hydrogens (primary N) is 1. The molecule has 1 aliphatic rings. The summed E-state index contributed by atoms with van der Waals surface area (Å²) in [7, 11) is 2.21. The predicted octanol–water partition coefficient (Wildman–Crippen LogP) is 2.54. The average Bonchev–Trinajstić information content (AvgIpc) is 2.88. The van der Waals surface area contributed by atoms with E-state index in [0.29, 0.717) is 18.6 Å². The maximum absolute atomic E-state index is 6.12. The van der Waals surface area contributed by atoms with Crippen LogP contribution in [0.2, 0.25) is 0 Å². The van der Waals surface area contributed by atoms with Crippen LogP contribution in [0.25, 0.3) is 10.1 Å². The first-order valence-corrected chi connectivity index (χ1v) is 8.19. The zero-order chi connectivity index (χ0) is 14.1. The Morgan fingerprint density at radius 1 is 1.35 bits per heavy atom. The average molecular weight is 289 g/mol. The fourth-order valence-corrected chi connectivity index (χ4v) is 4.10. The summed E-state index contributed by atoms with van der Waals surface area (Å²) >= 11 is 1.83. The van der Waals surface area contributed by atoms with Crippen LogP contribution in [0.15, 0.2) is 29.6 Å². The quantitative estimate of drug-likeness (QED) is 0.942. The lowest BCUT2D eigenvalue weighted by Gasteiger charge is -2.41. The highest BCUT2D eigenvalue weighted by molar-refractivity contribution is 7.17. The van der Waals surface area contributed by atoms with Gasteiger partial charge in [0.1, 0.15) is 0 Å². The van der Waals surface area contributed by atoms with E-state index < -0.39 is 0 Å². The summed E-state index contributed by atoms with van der Waals surface area (Å²) in [5.74, 6) is 0. The van der Waals surface area contributed by atoms with Crippen LogP contribution in [0.1, 0.15) is 18.5 Å². The largest absolute Gasteiger partial charge is 0.329 e. The lowest BCUT2D eigenvalue weighted by molar-refractivity contribution is 0.0747. The van der Waals surface area contributed by atoms with Gasteiger partial charge in [-0.15, -0.1) is 11.3 Å². The Morgan fingerprint density at radius 2 is 2.15 bits per heavy atom. The molecule has 2 heterocycles. The van der Waals surface area contributed by atoms with Gasteiger partial charge in [0.2, 0.25) is 0 Å². The van der Waals surface area contributed by atoms with Gasteiger partial charge in [-0.1, -0.05) is 18.2 Å². The van der Waals surface area contributed by atoms with E-state index >= 15 is 0 Å². The molecule has 2 aromatic rings. The van der Waals surface area contributed by atoms with Gasteiger partial charge in [0.15, 0.2) is 0 Å². The first-order valence-electron chi connectivity index (χ1n) is 7.31. The highest BCUT2D eigenvalue weighted by Gasteiger charge is 2.28. The van der Waals surface area contributed by atoms with Crippen molar-refractivity contribution in [3.63, 3.8) is 0 Å². The fraction of sp³-hybridized carbons (Fsp3) is 0.500. The van der Waals surface area contributed by atoms with E-state index in [1.807, 2.05) is 11.3 Å². The van der Waals surface area contributed by atoms with Gasteiger partial charge >= 0.3 is 0 Å². The number of thiophene rings is 1. The Balaban J connectivity index is 1.90. The Bertz CT molecular complexity index is 580. The summed E-state index contributed by atoms with van der Waals surface area (Å²) in [6.07, 6.45) is 0. The maximum Gasteiger partial charge on any atom is 0.0486 e. The van der Waals surface area contributed by atoms with Crippen LogP contribution < -0.4 is 5.73 Å². The lowest BCUT2D eigenvalue weighted by atomic mass is 10.0. The topological polar surface area (TPSA) is 32.5 Å². The number of rotatable bonds is 3. The molecule has 2 unspecified atom stereocenters. The molecule has 1 fully saturated rings. The van der Waals surface area contributed by atoms with Gasteiger partial charge in [0.05, 0.1) is 0 Å². The van der Waals surface area contributed by atoms with E-state index in [2.05, 4.69) is 53.4 Å². The highest BCUT2D eigenvalue weighted by Crippen LogP contribution is 2.33. The van der Waals surface area contributed by atoms with E-state index in [1.54, 1.807) is 0 Å². The van der Waals surface area contributed by atoms with Crippen molar-refractivity contribution in [2.75, 3.05) is 33.2 Å². The molecule has 1 saturated heterocycles. The molecular weight excluding hydrogens is 266 g/mol. The fourth-order valence-electron chi connectivity index (χ4n) is 3.09. The first kappa shape index (κ1) is 14.0. The molecule has 0 radical (unpaired) electrons. The third-order valence-corrected chi connectivity index (χ3v) is 5.51. The van der Waals surface area contributed by atoms with Crippen molar-refractivity contribution in [3.05, 3.63) is 35.2 Å². The van der Waals surface area contributed by atoms with Gasteiger partial charge in [-0.3, -0.25) is 4.90 Å². The van der Waals surface area contributed by atoms with Gasteiger partial charge in [0, 0.05) is 43.0 Å². The van der Waals surface area contributed by atoms with Crippen LogP contribution in [0.3, 0.4) is 0 Å². The van der Waals surface area contributed by atoms with Crippen LogP contribution in [0.4, 0.5) is 0 Å². The minimum Gasteiger partial charge on any atom is -0.329 e. The second kappa shape index (κ2) is 5.82. The molecule has 3 nitrogen and oxygen atoms in total. The number of benzene rings is 1. The summed E-state index contributed by atoms with van der Waals surface area (Å²) in [6.45, 7) is 6.32. The van der Waals surface area contributed by atoms with Crippen molar-refractivity contribution in [2.45, 2.75) is 19.0 Å². The van der Waals surface area contributed by atoms with Gasteiger partial charge in [-0.25, -0.2) is 0 Å². The summed E-state index contributed by atoms with van der Waals surface area (Å²) in [6, 6.07) is 9.61. The zero-order valence-electron chi connectivity index (χ0n) is 12.2. The molecule has 1 aliphatic heterocycles. The number of hydrogen-bond donors (Lipinski definition) is 1. The van der Waals surface area contributed by atoms with Gasteiger partial charge in [-0.2, -0.15) is 0 Å². The van der Waals surface area contributed by atoms with Gasteiger partial charge in [0.25, 0.3) is 0 Å². The summed E-state index contributed by atoms with van der Waals surface area (Å²) < 4.78 is 1.36. The molecule has 2 atom stereocenters. The predicted molar refractivity (Wildman–Crippen MR) is 87.3 cm³/mol. The molecule has 0 aliphatic carbocycles. The Morgan fingerprint density at radius 3 is 2.90 bits per heavy atom. The summed E-state index contributed by atoms with van der Waals surface area (Å²) in [4.78, 5) is 4.98. The van der Waals surface area contributed by atoms with Crippen LogP contribution in [-0.4, -0.2) is 49.1 Å². The number of nitrogens with zero attached hydrogens (tertiary/aromatic N) is 2. The van der Waals surface area contributed by atoms with Gasteiger partial charge < -0.3 is 10.6 Å². The second-order valence-corrected chi connectivity index (χ2v) is 6.67. The van der Waals surface area contributed by atoms with E-state index in [1.165, 1.54) is 15.6 Å². The number of fused-ring (bicyclic) bond motifs is 1. The standard InChI is InChI=1S/C16H23N3S/c1-12-10-19(8-7-18(12)2)15(9-17)14-11-20-16-6-4-3-5-13(14)16/h3-6,11-12,15H,7-10,17H2,1-2H3. The van der Waals surface area contributed by atoms with Crippen molar-refractivity contribution < 1.29 is 0 Å². The van der Waals surface area contributed by atoms with Crippen molar-refractivity contribution in [2.24, 2.45) is 5.73 Å². The van der Waals surface area contributed by atoms with E-state index in [-0.39, 0.29) is 0 Å². The van der Waals surface area contributed by atoms with Crippen LogP contribution >= 0.6 is 11.3 Å². The molecule has 1 aromatic carbocycles. The first-order chi connectivity index (χ1) is 9.70. The third-order valence-electron chi connectivity index (χ3n) is 4.53. The number of piperazine rings is 1. The molecule has 108 valence electrons. The van der Waals surface area contributed by atoms with E-state index in [4.69, 9.17) is 5.73 Å². The van der Waals surface area contributed by atoms with Crippen LogP contribution in [0.5, 0.6) is 0 Å². The summed E-state index contributed by atoms with van der Waals surface area (Å²) in [5.41, 5.74) is 7.52. The Hall–Kier alpha value is -0.940. The molecule has 0 amide bonds. The van der Waals surface area contributed by atoms with E-state index in [0.717, 1.165) is 19.6 Å².